The Morgan fingerprint density at radius 1 is 1.35 bits per heavy atom. The fourth-order valence-electron chi connectivity index (χ4n) is 2.25. The zero-order chi connectivity index (χ0) is 17.5. The van der Waals surface area contributed by atoms with E-state index in [9.17, 15) is 13.6 Å². The Balaban J connectivity index is 2.68. The number of unbranched alkanes of at least 4 members (excludes halogenated alkanes) is 1. The van der Waals surface area contributed by atoms with Gasteiger partial charge in [-0.2, -0.15) is 0 Å². The molecule has 0 spiro atoms. The molecule has 1 aromatic rings. The van der Waals surface area contributed by atoms with Crippen molar-refractivity contribution >= 4 is 5.91 Å². The topological polar surface area (TPSA) is 29.5 Å². The minimum Gasteiger partial charge on any atom is -0.494 e. The van der Waals surface area contributed by atoms with Crippen molar-refractivity contribution in [3.05, 3.63) is 29.8 Å². The average molecular weight is 327 g/mol. The first kappa shape index (κ1) is 19.4. The van der Waals surface area contributed by atoms with Gasteiger partial charge in [-0.3, -0.25) is 4.79 Å². The summed E-state index contributed by atoms with van der Waals surface area (Å²) in [6, 6.07) is 6.07. The molecular weight excluding hydrogens is 300 g/mol. The highest BCUT2D eigenvalue weighted by Crippen LogP contribution is 2.35. The Hall–Kier alpha value is -1.65. The summed E-state index contributed by atoms with van der Waals surface area (Å²) >= 11 is 0. The summed E-state index contributed by atoms with van der Waals surface area (Å²) in [4.78, 5) is 13.2. The number of benzene rings is 1. The lowest BCUT2D eigenvalue weighted by Crippen LogP contribution is -2.29. The standard InChI is InChI=1S/C18H27F2NO2/c1-5-6-12-23-16-9-7-8-15(13-16)18(19,20)11-10-14(2)17(22)21(3)4/h7-9,13-14H,5-6,10-12H2,1-4H3. The van der Waals surface area contributed by atoms with Crippen molar-refractivity contribution in [3.63, 3.8) is 0 Å². The van der Waals surface area contributed by atoms with Gasteiger partial charge < -0.3 is 9.64 Å². The zero-order valence-corrected chi connectivity index (χ0v) is 14.4. The third kappa shape index (κ3) is 6.16. The molecule has 0 aromatic heterocycles. The molecule has 0 saturated carbocycles. The summed E-state index contributed by atoms with van der Waals surface area (Å²) < 4.78 is 34.2. The molecule has 0 fully saturated rings. The van der Waals surface area contributed by atoms with E-state index in [-0.39, 0.29) is 24.3 Å². The summed E-state index contributed by atoms with van der Waals surface area (Å²) in [5.41, 5.74) is -0.0593. The molecular formula is C18H27F2NO2. The highest BCUT2D eigenvalue weighted by atomic mass is 19.3. The van der Waals surface area contributed by atoms with Crippen LogP contribution in [0.2, 0.25) is 0 Å². The van der Waals surface area contributed by atoms with Crippen molar-refractivity contribution < 1.29 is 18.3 Å². The largest absolute Gasteiger partial charge is 0.494 e. The molecule has 0 saturated heterocycles. The molecule has 0 aliphatic heterocycles. The van der Waals surface area contributed by atoms with Gasteiger partial charge in [0, 0.05) is 32.0 Å². The average Bonchev–Trinajstić information content (AvgIpc) is 2.52. The highest BCUT2D eigenvalue weighted by molar-refractivity contribution is 5.77. The fourth-order valence-corrected chi connectivity index (χ4v) is 2.25. The Labute approximate surface area is 137 Å². The number of hydrogen-bond donors (Lipinski definition) is 0. The van der Waals surface area contributed by atoms with Crippen molar-refractivity contribution in [2.75, 3.05) is 20.7 Å². The van der Waals surface area contributed by atoms with Gasteiger partial charge in [-0.25, -0.2) is 8.78 Å². The number of alkyl halides is 2. The molecule has 1 aromatic carbocycles. The van der Waals surface area contributed by atoms with Crippen LogP contribution in [0.3, 0.4) is 0 Å². The van der Waals surface area contributed by atoms with E-state index in [2.05, 4.69) is 0 Å². The molecule has 0 aliphatic carbocycles. The van der Waals surface area contributed by atoms with Crippen LogP contribution in [0.4, 0.5) is 8.78 Å². The summed E-state index contributed by atoms with van der Waals surface area (Å²) in [5, 5.41) is 0. The molecule has 1 amide bonds. The molecule has 1 atom stereocenters. The van der Waals surface area contributed by atoms with Crippen LogP contribution in [0, 0.1) is 5.92 Å². The van der Waals surface area contributed by atoms with Gasteiger partial charge >= 0.3 is 0 Å². The SMILES string of the molecule is CCCCOc1cccc(C(F)(F)CCC(C)C(=O)N(C)C)c1. The van der Waals surface area contributed by atoms with Crippen molar-refractivity contribution in [2.24, 2.45) is 5.92 Å². The van der Waals surface area contributed by atoms with Crippen LogP contribution in [0.5, 0.6) is 5.75 Å². The number of hydrogen-bond acceptors (Lipinski definition) is 2. The van der Waals surface area contributed by atoms with Crippen LogP contribution in [-0.2, 0) is 10.7 Å². The lowest BCUT2D eigenvalue weighted by Gasteiger charge is -2.21. The van der Waals surface area contributed by atoms with Crippen molar-refractivity contribution in [2.45, 2.75) is 45.5 Å². The zero-order valence-electron chi connectivity index (χ0n) is 14.4. The van der Waals surface area contributed by atoms with E-state index in [1.807, 2.05) is 6.92 Å². The third-order valence-electron chi connectivity index (χ3n) is 3.78. The molecule has 0 bridgehead atoms. The number of nitrogens with zero attached hydrogens (tertiary/aromatic N) is 1. The van der Waals surface area contributed by atoms with Crippen LogP contribution < -0.4 is 4.74 Å². The lowest BCUT2D eigenvalue weighted by molar-refractivity contribution is -0.133. The number of carbonyl (C=O) groups excluding carboxylic acids is 1. The lowest BCUT2D eigenvalue weighted by atomic mass is 9.97. The molecule has 0 heterocycles. The van der Waals surface area contributed by atoms with Gasteiger partial charge in [0.05, 0.1) is 6.61 Å². The van der Waals surface area contributed by atoms with Gasteiger partial charge in [-0.15, -0.1) is 0 Å². The first-order chi connectivity index (χ1) is 10.8. The fraction of sp³-hybridized carbons (Fsp3) is 0.611. The van der Waals surface area contributed by atoms with E-state index < -0.39 is 11.8 Å². The Morgan fingerprint density at radius 2 is 2.04 bits per heavy atom. The number of rotatable bonds is 9. The van der Waals surface area contributed by atoms with Crippen LogP contribution in [0.1, 0.15) is 45.1 Å². The van der Waals surface area contributed by atoms with Gasteiger partial charge in [0.2, 0.25) is 5.91 Å². The molecule has 0 N–H and O–H groups in total. The van der Waals surface area contributed by atoms with Crippen LogP contribution in [0.15, 0.2) is 24.3 Å². The van der Waals surface area contributed by atoms with Gasteiger partial charge in [0.25, 0.3) is 5.92 Å². The summed E-state index contributed by atoms with van der Waals surface area (Å²) in [6.45, 7) is 4.26. The minimum atomic E-state index is -2.97. The summed E-state index contributed by atoms with van der Waals surface area (Å²) in [7, 11) is 3.27. The summed E-state index contributed by atoms with van der Waals surface area (Å²) in [6.07, 6.45) is 1.68. The Bertz CT molecular complexity index is 504. The Morgan fingerprint density at radius 3 is 2.65 bits per heavy atom. The molecule has 3 nitrogen and oxygen atoms in total. The van der Waals surface area contributed by atoms with Crippen LogP contribution >= 0.6 is 0 Å². The molecule has 0 radical (unpaired) electrons. The number of amides is 1. The van der Waals surface area contributed by atoms with E-state index in [0.717, 1.165) is 12.8 Å². The maximum Gasteiger partial charge on any atom is 0.273 e. The number of halogens is 2. The molecule has 23 heavy (non-hydrogen) atoms. The Kier molecular flexibility index (Phi) is 7.46. The van der Waals surface area contributed by atoms with Crippen molar-refractivity contribution in [1.82, 2.24) is 4.90 Å². The minimum absolute atomic E-state index is 0.0593. The molecule has 1 unspecified atom stereocenters. The van der Waals surface area contributed by atoms with Crippen LogP contribution in [0.25, 0.3) is 0 Å². The van der Waals surface area contributed by atoms with E-state index in [1.54, 1.807) is 33.2 Å². The number of carbonyl (C=O) groups is 1. The van der Waals surface area contributed by atoms with Crippen molar-refractivity contribution in [3.8, 4) is 5.75 Å². The third-order valence-corrected chi connectivity index (χ3v) is 3.78. The van der Waals surface area contributed by atoms with Gasteiger partial charge in [0.1, 0.15) is 5.75 Å². The second kappa shape index (κ2) is 8.85. The number of ether oxygens (including phenoxy) is 1. The maximum atomic E-state index is 14.4. The summed E-state index contributed by atoms with van der Waals surface area (Å²) in [5.74, 6) is -3.05. The normalized spacial score (nSPS) is 12.8. The van der Waals surface area contributed by atoms with E-state index >= 15 is 0 Å². The first-order valence-electron chi connectivity index (χ1n) is 8.10. The van der Waals surface area contributed by atoms with Gasteiger partial charge in [0.15, 0.2) is 0 Å². The molecule has 5 heteroatoms. The second-order valence-electron chi connectivity index (χ2n) is 6.11. The van der Waals surface area contributed by atoms with Gasteiger partial charge in [-0.05, 0) is 25.0 Å². The van der Waals surface area contributed by atoms with Crippen molar-refractivity contribution in [1.29, 1.82) is 0 Å². The smallest absolute Gasteiger partial charge is 0.273 e. The molecule has 130 valence electrons. The molecule has 0 aliphatic rings. The van der Waals surface area contributed by atoms with E-state index in [0.29, 0.717) is 12.4 Å². The predicted molar refractivity (Wildman–Crippen MR) is 87.8 cm³/mol. The van der Waals surface area contributed by atoms with E-state index in [4.69, 9.17) is 4.74 Å². The quantitative estimate of drug-likeness (QED) is 0.627. The van der Waals surface area contributed by atoms with Gasteiger partial charge in [-0.1, -0.05) is 32.4 Å². The van der Waals surface area contributed by atoms with E-state index in [1.165, 1.54) is 17.0 Å². The van der Waals surface area contributed by atoms with Crippen LogP contribution in [-0.4, -0.2) is 31.5 Å². The first-order valence-corrected chi connectivity index (χ1v) is 8.10. The second-order valence-corrected chi connectivity index (χ2v) is 6.11. The maximum absolute atomic E-state index is 14.4. The highest BCUT2D eigenvalue weighted by Gasteiger charge is 2.33. The molecule has 1 rings (SSSR count). The monoisotopic (exact) mass is 327 g/mol. The predicted octanol–water partition coefficient (Wildman–Crippen LogP) is 4.46.